The third-order valence-electron chi connectivity index (χ3n) is 3.42. The zero-order valence-corrected chi connectivity index (χ0v) is 11.8. The van der Waals surface area contributed by atoms with Crippen LogP contribution < -0.4 is 5.32 Å². The standard InChI is InChI=1S/C16H23F2N/c1-4-5-6-7-8-9-14(19-3)15-13(17)11-10-12(2)16(15)18/h4,10-11,14,19H,1,5-9H2,2-3H3. The van der Waals surface area contributed by atoms with Crippen LogP contribution in [-0.4, -0.2) is 7.05 Å². The lowest BCUT2D eigenvalue weighted by Crippen LogP contribution is -2.19. The van der Waals surface area contributed by atoms with Gasteiger partial charge in [0.2, 0.25) is 0 Å². The number of hydrogen-bond donors (Lipinski definition) is 1. The monoisotopic (exact) mass is 267 g/mol. The molecule has 1 nitrogen and oxygen atoms in total. The third kappa shape index (κ3) is 4.43. The van der Waals surface area contributed by atoms with Crippen LogP contribution in [-0.2, 0) is 0 Å². The lowest BCUT2D eigenvalue weighted by molar-refractivity contribution is 0.452. The maximum atomic E-state index is 14.0. The Morgan fingerprint density at radius 2 is 2.00 bits per heavy atom. The Labute approximate surface area is 114 Å². The molecule has 106 valence electrons. The van der Waals surface area contributed by atoms with Gasteiger partial charge in [-0.05, 0) is 44.9 Å². The van der Waals surface area contributed by atoms with Crippen molar-refractivity contribution < 1.29 is 8.78 Å². The Morgan fingerprint density at radius 1 is 1.26 bits per heavy atom. The van der Waals surface area contributed by atoms with Crippen molar-refractivity contribution in [1.29, 1.82) is 0 Å². The van der Waals surface area contributed by atoms with E-state index < -0.39 is 11.6 Å². The SMILES string of the molecule is C=CCCCCCC(NC)c1c(F)ccc(C)c1F. The van der Waals surface area contributed by atoms with Crippen LogP contribution in [0.15, 0.2) is 24.8 Å². The predicted octanol–water partition coefficient (Wildman–Crippen LogP) is 4.67. The van der Waals surface area contributed by atoms with E-state index in [9.17, 15) is 8.78 Å². The highest BCUT2D eigenvalue weighted by atomic mass is 19.1. The summed E-state index contributed by atoms with van der Waals surface area (Å²) in [4.78, 5) is 0. The average molecular weight is 267 g/mol. The molecule has 19 heavy (non-hydrogen) atoms. The van der Waals surface area contributed by atoms with Gasteiger partial charge in [-0.2, -0.15) is 0 Å². The molecule has 0 aliphatic rings. The van der Waals surface area contributed by atoms with E-state index in [-0.39, 0.29) is 11.6 Å². The van der Waals surface area contributed by atoms with Crippen molar-refractivity contribution in [1.82, 2.24) is 5.32 Å². The Hall–Kier alpha value is -1.22. The minimum atomic E-state index is -0.464. The molecular formula is C16H23F2N. The molecule has 1 N–H and O–H groups in total. The Kier molecular flexibility index (Phi) is 6.71. The Balaban J connectivity index is 2.69. The van der Waals surface area contributed by atoms with Crippen molar-refractivity contribution >= 4 is 0 Å². The molecule has 0 amide bonds. The van der Waals surface area contributed by atoms with E-state index in [1.165, 1.54) is 12.1 Å². The molecule has 0 saturated carbocycles. The van der Waals surface area contributed by atoms with Gasteiger partial charge >= 0.3 is 0 Å². The first-order valence-corrected chi connectivity index (χ1v) is 6.84. The molecule has 1 rings (SSSR count). The van der Waals surface area contributed by atoms with Crippen LogP contribution in [0, 0.1) is 18.6 Å². The van der Waals surface area contributed by atoms with E-state index in [2.05, 4.69) is 11.9 Å². The summed E-state index contributed by atoms with van der Waals surface area (Å²) in [6.45, 7) is 5.34. The van der Waals surface area contributed by atoms with Gasteiger partial charge in [0.25, 0.3) is 0 Å². The Bertz CT molecular complexity index is 415. The van der Waals surface area contributed by atoms with Gasteiger partial charge in [-0.3, -0.25) is 0 Å². The molecule has 0 fully saturated rings. The van der Waals surface area contributed by atoms with Crippen molar-refractivity contribution in [2.24, 2.45) is 0 Å². The minimum absolute atomic E-state index is 0.172. The topological polar surface area (TPSA) is 12.0 Å². The third-order valence-corrected chi connectivity index (χ3v) is 3.42. The van der Waals surface area contributed by atoms with Gasteiger partial charge in [0, 0.05) is 11.6 Å². The van der Waals surface area contributed by atoms with Gasteiger partial charge in [-0.1, -0.05) is 25.0 Å². The molecule has 3 heteroatoms. The smallest absolute Gasteiger partial charge is 0.133 e. The zero-order chi connectivity index (χ0) is 14.3. The van der Waals surface area contributed by atoms with Crippen LogP contribution >= 0.6 is 0 Å². The molecule has 0 radical (unpaired) electrons. The maximum Gasteiger partial charge on any atom is 0.133 e. The van der Waals surface area contributed by atoms with Crippen LogP contribution in [0.25, 0.3) is 0 Å². The number of halogens is 2. The van der Waals surface area contributed by atoms with Gasteiger partial charge in [-0.15, -0.1) is 6.58 Å². The van der Waals surface area contributed by atoms with Crippen LogP contribution in [0.5, 0.6) is 0 Å². The molecular weight excluding hydrogens is 244 g/mol. The number of aryl methyl sites for hydroxylation is 1. The molecule has 0 bridgehead atoms. The molecule has 0 heterocycles. The second-order valence-electron chi connectivity index (χ2n) is 4.86. The number of nitrogens with one attached hydrogen (secondary N) is 1. The summed E-state index contributed by atoms with van der Waals surface area (Å²) in [5.41, 5.74) is 0.662. The first-order chi connectivity index (χ1) is 9.11. The molecule has 1 aromatic carbocycles. The number of allylic oxidation sites excluding steroid dienone is 1. The fraction of sp³-hybridized carbons (Fsp3) is 0.500. The first kappa shape index (κ1) is 15.8. The van der Waals surface area contributed by atoms with Crippen molar-refractivity contribution in [3.8, 4) is 0 Å². The van der Waals surface area contributed by atoms with Crippen LogP contribution in [0.1, 0.15) is 49.3 Å². The fourth-order valence-corrected chi connectivity index (χ4v) is 2.24. The summed E-state index contributed by atoms with van der Waals surface area (Å²) in [6.07, 6.45) is 6.72. The van der Waals surface area contributed by atoms with E-state index >= 15 is 0 Å². The van der Waals surface area contributed by atoms with E-state index in [1.807, 2.05) is 6.08 Å². The van der Waals surface area contributed by atoms with Gasteiger partial charge in [0.1, 0.15) is 11.6 Å². The number of unbranched alkanes of at least 4 members (excludes halogenated alkanes) is 3. The highest BCUT2D eigenvalue weighted by Crippen LogP contribution is 2.27. The normalized spacial score (nSPS) is 12.4. The minimum Gasteiger partial charge on any atom is -0.313 e. The van der Waals surface area contributed by atoms with Crippen molar-refractivity contribution in [2.45, 2.75) is 45.1 Å². The predicted molar refractivity (Wildman–Crippen MR) is 76.2 cm³/mol. The van der Waals surface area contributed by atoms with Crippen LogP contribution in [0.3, 0.4) is 0 Å². The van der Waals surface area contributed by atoms with Gasteiger partial charge in [-0.25, -0.2) is 8.78 Å². The fourth-order valence-electron chi connectivity index (χ4n) is 2.24. The molecule has 1 aromatic rings. The first-order valence-electron chi connectivity index (χ1n) is 6.84. The Morgan fingerprint density at radius 3 is 2.63 bits per heavy atom. The van der Waals surface area contributed by atoms with Gasteiger partial charge in [0.15, 0.2) is 0 Å². The lowest BCUT2D eigenvalue weighted by atomic mass is 9.97. The molecule has 1 unspecified atom stereocenters. The van der Waals surface area contributed by atoms with E-state index in [4.69, 9.17) is 0 Å². The molecule has 0 aliphatic heterocycles. The van der Waals surface area contributed by atoms with Crippen molar-refractivity contribution in [2.75, 3.05) is 7.05 Å². The van der Waals surface area contributed by atoms with E-state index in [1.54, 1.807) is 14.0 Å². The summed E-state index contributed by atoms with van der Waals surface area (Å²) in [6, 6.07) is 2.56. The largest absolute Gasteiger partial charge is 0.313 e. The summed E-state index contributed by atoms with van der Waals surface area (Å²) in [5.74, 6) is -0.890. The van der Waals surface area contributed by atoms with E-state index in [0.717, 1.165) is 32.1 Å². The molecule has 0 aromatic heterocycles. The molecule has 1 atom stereocenters. The number of rotatable bonds is 8. The summed E-state index contributed by atoms with van der Waals surface area (Å²) in [7, 11) is 1.75. The lowest BCUT2D eigenvalue weighted by Gasteiger charge is -2.19. The van der Waals surface area contributed by atoms with Crippen molar-refractivity contribution in [3.05, 3.63) is 47.5 Å². The molecule has 0 aliphatic carbocycles. The molecule has 0 spiro atoms. The van der Waals surface area contributed by atoms with Crippen LogP contribution in [0.4, 0.5) is 8.78 Å². The highest BCUT2D eigenvalue weighted by molar-refractivity contribution is 5.29. The molecule has 0 saturated heterocycles. The quantitative estimate of drug-likeness (QED) is 0.533. The summed E-state index contributed by atoms with van der Waals surface area (Å²) in [5, 5.41) is 3.02. The average Bonchev–Trinajstić information content (AvgIpc) is 2.41. The van der Waals surface area contributed by atoms with Crippen molar-refractivity contribution in [3.63, 3.8) is 0 Å². The summed E-state index contributed by atoms with van der Waals surface area (Å²) >= 11 is 0. The van der Waals surface area contributed by atoms with E-state index in [0.29, 0.717) is 5.56 Å². The number of hydrogen-bond acceptors (Lipinski definition) is 1. The van der Waals surface area contributed by atoms with Crippen LogP contribution in [0.2, 0.25) is 0 Å². The maximum absolute atomic E-state index is 14.0. The second-order valence-corrected chi connectivity index (χ2v) is 4.86. The highest BCUT2D eigenvalue weighted by Gasteiger charge is 2.19. The van der Waals surface area contributed by atoms with Gasteiger partial charge < -0.3 is 5.32 Å². The number of benzene rings is 1. The van der Waals surface area contributed by atoms with Gasteiger partial charge in [0.05, 0.1) is 0 Å². The second kappa shape index (κ2) is 8.05. The summed E-state index contributed by atoms with van der Waals surface area (Å²) < 4.78 is 27.8. The zero-order valence-electron chi connectivity index (χ0n) is 11.8.